The van der Waals surface area contributed by atoms with Crippen molar-refractivity contribution in [3.05, 3.63) is 121 Å². The molecule has 5 atom stereocenters. The van der Waals surface area contributed by atoms with Crippen molar-refractivity contribution in [3.8, 4) is 0 Å². The molecule has 0 spiro atoms. The molecule has 1 saturated carbocycles. The standard InChI is InChI=1S/C38H48O3Si2/c1-37(2,3)35(40-42(28-19-11-7-12-20-28)29-21-13-8-14-22-29)32-27-33(39)34(32)36(38(4,5)6)41-43(30-23-15-9-16-24-30)31-25-17-10-18-26-31/h7-26,32-36,39,42-43H,27H2,1-6H3/t32-,33-,34-,35?,36?/m0/s1. The van der Waals surface area contributed by atoms with Crippen molar-refractivity contribution < 1.29 is 14.0 Å². The van der Waals surface area contributed by atoms with Gasteiger partial charge in [0.05, 0.1) is 18.3 Å². The van der Waals surface area contributed by atoms with E-state index in [0.29, 0.717) is 0 Å². The Morgan fingerprint density at radius 3 is 1.12 bits per heavy atom. The lowest BCUT2D eigenvalue weighted by Crippen LogP contribution is -2.63. The van der Waals surface area contributed by atoms with Gasteiger partial charge in [0, 0.05) is 5.92 Å². The molecule has 1 aliphatic rings. The molecule has 1 fully saturated rings. The Morgan fingerprint density at radius 1 is 0.535 bits per heavy atom. The largest absolute Gasteiger partial charge is 0.407 e. The van der Waals surface area contributed by atoms with Gasteiger partial charge < -0.3 is 14.0 Å². The van der Waals surface area contributed by atoms with Crippen LogP contribution in [0.3, 0.4) is 0 Å². The molecule has 0 radical (unpaired) electrons. The van der Waals surface area contributed by atoms with E-state index in [1.165, 1.54) is 20.7 Å². The fourth-order valence-electron chi connectivity index (χ4n) is 6.76. The average molecular weight is 609 g/mol. The van der Waals surface area contributed by atoms with E-state index < -0.39 is 24.2 Å². The zero-order chi connectivity index (χ0) is 30.6. The Balaban J connectivity index is 1.51. The predicted octanol–water partition coefficient (Wildman–Crippen LogP) is 4.92. The van der Waals surface area contributed by atoms with Crippen LogP contribution in [0.25, 0.3) is 0 Å². The molecule has 5 heteroatoms. The van der Waals surface area contributed by atoms with Crippen molar-refractivity contribution in [2.75, 3.05) is 0 Å². The van der Waals surface area contributed by atoms with Crippen molar-refractivity contribution in [2.45, 2.75) is 66.3 Å². The molecule has 0 heterocycles. The summed E-state index contributed by atoms with van der Waals surface area (Å²) >= 11 is 0. The Kier molecular flexibility index (Phi) is 9.89. The number of aliphatic hydroxyl groups is 1. The molecule has 0 aromatic heterocycles. The van der Waals surface area contributed by atoms with Crippen LogP contribution in [-0.4, -0.2) is 41.5 Å². The Bertz CT molecular complexity index is 1320. The van der Waals surface area contributed by atoms with Crippen molar-refractivity contribution in [1.29, 1.82) is 0 Å². The van der Waals surface area contributed by atoms with Gasteiger partial charge in [-0.25, -0.2) is 0 Å². The molecule has 4 aromatic carbocycles. The molecule has 43 heavy (non-hydrogen) atoms. The summed E-state index contributed by atoms with van der Waals surface area (Å²) in [5.41, 5.74) is -0.284. The monoisotopic (exact) mass is 608 g/mol. The lowest BCUT2D eigenvalue weighted by Gasteiger charge is -2.55. The maximum Gasteiger partial charge on any atom is 0.240 e. The minimum Gasteiger partial charge on any atom is -0.407 e. The average Bonchev–Trinajstić information content (AvgIpc) is 2.99. The van der Waals surface area contributed by atoms with Gasteiger partial charge in [0.1, 0.15) is 0 Å². The highest BCUT2D eigenvalue weighted by molar-refractivity contribution is 6.80. The summed E-state index contributed by atoms with van der Waals surface area (Å²) in [7, 11) is -4.05. The van der Waals surface area contributed by atoms with Gasteiger partial charge in [0.25, 0.3) is 0 Å². The SMILES string of the molecule is CC(C)(C)C(O[SiH](c1ccccc1)c1ccccc1)[C@H]1[C@@H](C(O[SiH](c2ccccc2)c2ccccc2)C(C)(C)C)C[C@@H]1O. The molecule has 0 amide bonds. The van der Waals surface area contributed by atoms with Crippen molar-refractivity contribution in [2.24, 2.45) is 22.7 Å². The van der Waals surface area contributed by atoms with Crippen LogP contribution in [0.4, 0.5) is 0 Å². The van der Waals surface area contributed by atoms with Crippen LogP contribution < -0.4 is 20.7 Å². The van der Waals surface area contributed by atoms with Gasteiger partial charge in [-0.05, 0) is 43.9 Å². The number of rotatable bonds is 10. The molecule has 1 N–H and O–H groups in total. The molecule has 2 unspecified atom stereocenters. The van der Waals surface area contributed by atoms with Gasteiger partial charge in [0.2, 0.25) is 18.1 Å². The third-order valence-electron chi connectivity index (χ3n) is 8.87. The molecular weight excluding hydrogens is 561 g/mol. The van der Waals surface area contributed by atoms with Gasteiger partial charge in [-0.2, -0.15) is 0 Å². The van der Waals surface area contributed by atoms with E-state index in [1.54, 1.807) is 0 Å². The number of hydrogen-bond acceptors (Lipinski definition) is 3. The smallest absolute Gasteiger partial charge is 0.240 e. The summed E-state index contributed by atoms with van der Waals surface area (Å²) in [6, 6.07) is 42.9. The summed E-state index contributed by atoms with van der Waals surface area (Å²) in [6.07, 6.45) is 0.161. The summed E-state index contributed by atoms with van der Waals surface area (Å²) in [5, 5.41) is 16.6. The van der Waals surface area contributed by atoms with E-state index in [-0.39, 0.29) is 34.9 Å². The summed E-state index contributed by atoms with van der Waals surface area (Å²) < 4.78 is 14.8. The lowest BCUT2D eigenvalue weighted by atomic mass is 9.58. The predicted molar refractivity (Wildman–Crippen MR) is 185 cm³/mol. The van der Waals surface area contributed by atoms with Crippen LogP contribution >= 0.6 is 0 Å². The first kappa shape index (κ1) is 31.6. The minimum atomic E-state index is -2.04. The normalized spacial score (nSPS) is 20.5. The molecule has 0 bridgehead atoms. The fraction of sp³-hybridized carbons (Fsp3) is 0.368. The topological polar surface area (TPSA) is 38.7 Å². The molecule has 0 aliphatic heterocycles. The van der Waals surface area contributed by atoms with Crippen LogP contribution in [0, 0.1) is 22.7 Å². The van der Waals surface area contributed by atoms with Crippen LogP contribution in [0.2, 0.25) is 0 Å². The molecule has 226 valence electrons. The van der Waals surface area contributed by atoms with E-state index in [2.05, 4.69) is 163 Å². The van der Waals surface area contributed by atoms with E-state index >= 15 is 0 Å². The molecule has 5 rings (SSSR count). The molecule has 1 aliphatic carbocycles. The highest BCUT2D eigenvalue weighted by Crippen LogP contribution is 2.50. The Labute approximate surface area is 262 Å². The summed E-state index contributed by atoms with van der Waals surface area (Å²) in [6.45, 7) is 13.7. The van der Waals surface area contributed by atoms with Crippen LogP contribution in [-0.2, 0) is 8.85 Å². The van der Waals surface area contributed by atoms with Gasteiger partial charge in [-0.15, -0.1) is 0 Å². The maximum absolute atomic E-state index is 11.5. The molecular formula is C38H48O3Si2. The quantitative estimate of drug-likeness (QED) is 0.260. The van der Waals surface area contributed by atoms with Gasteiger partial charge in [-0.1, -0.05) is 163 Å². The van der Waals surface area contributed by atoms with Gasteiger partial charge in [0.15, 0.2) is 0 Å². The number of benzene rings is 4. The fourth-order valence-corrected chi connectivity index (χ4v) is 12.2. The molecule has 4 aromatic rings. The summed E-state index contributed by atoms with van der Waals surface area (Å²) in [5.74, 6) is 0.163. The van der Waals surface area contributed by atoms with E-state index in [1.807, 2.05) is 0 Å². The third-order valence-corrected chi connectivity index (χ3v) is 14.0. The highest BCUT2D eigenvalue weighted by atomic mass is 28.3. The van der Waals surface area contributed by atoms with Gasteiger partial charge in [-0.3, -0.25) is 0 Å². The maximum atomic E-state index is 11.5. The minimum absolute atomic E-state index is 0.0205. The molecule has 3 nitrogen and oxygen atoms in total. The van der Waals surface area contributed by atoms with Crippen molar-refractivity contribution in [1.82, 2.24) is 0 Å². The lowest BCUT2D eigenvalue weighted by molar-refractivity contribution is -0.164. The van der Waals surface area contributed by atoms with E-state index in [9.17, 15) is 5.11 Å². The zero-order valence-corrected chi connectivity index (χ0v) is 28.9. The zero-order valence-electron chi connectivity index (χ0n) is 26.6. The van der Waals surface area contributed by atoms with Crippen molar-refractivity contribution in [3.63, 3.8) is 0 Å². The van der Waals surface area contributed by atoms with Crippen molar-refractivity contribution >= 4 is 38.8 Å². The first-order valence-corrected chi connectivity index (χ1v) is 19.0. The summed E-state index contributed by atoms with van der Waals surface area (Å²) in [4.78, 5) is 0. The second-order valence-electron chi connectivity index (χ2n) is 14.3. The second kappa shape index (κ2) is 13.5. The third kappa shape index (κ3) is 7.47. The van der Waals surface area contributed by atoms with E-state index in [4.69, 9.17) is 8.85 Å². The number of hydrogen-bond donors (Lipinski definition) is 1. The second-order valence-corrected chi connectivity index (χ2v) is 19.0. The first-order valence-electron chi connectivity index (χ1n) is 15.7. The Morgan fingerprint density at radius 2 is 0.837 bits per heavy atom. The first-order chi connectivity index (χ1) is 20.5. The highest BCUT2D eigenvalue weighted by Gasteiger charge is 2.55. The van der Waals surface area contributed by atoms with Crippen LogP contribution in [0.5, 0.6) is 0 Å². The van der Waals surface area contributed by atoms with Crippen LogP contribution in [0.1, 0.15) is 48.0 Å². The van der Waals surface area contributed by atoms with Gasteiger partial charge >= 0.3 is 0 Å². The van der Waals surface area contributed by atoms with E-state index in [0.717, 1.165) is 6.42 Å². The Hall–Kier alpha value is -2.81. The van der Waals surface area contributed by atoms with Crippen LogP contribution in [0.15, 0.2) is 121 Å². The number of aliphatic hydroxyl groups excluding tert-OH is 1. The molecule has 0 saturated heterocycles.